The summed E-state index contributed by atoms with van der Waals surface area (Å²) in [6.45, 7) is 0.426. The summed E-state index contributed by atoms with van der Waals surface area (Å²) >= 11 is 11.7. The van der Waals surface area contributed by atoms with E-state index in [1.54, 1.807) is 12.1 Å². The van der Waals surface area contributed by atoms with Gasteiger partial charge in [-0.25, -0.2) is 0 Å². The second kappa shape index (κ2) is 8.56. The van der Waals surface area contributed by atoms with Gasteiger partial charge in [-0.2, -0.15) is 0 Å². The predicted octanol–water partition coefficient (Wildman–Crippen LogP) is 3.68. The molecule has 0 aromatic heterocycles. The van der Waals surface area contributed by atoms with Crippen LogP contribution in [0.15, 0.2) is 48.5 Å². The number of anilines is 1. The summed E-state index contributed by atoms with van der Waals surface area (Å²) in [6, 6.07) is 14.6. The van der Waals surface area contributed by atoms with Crippen LogP contribution in [0, 0.1) is 0 Å². The molecule has 0 unspecified atom stereocenters. The first-order valence-electron chi connectivity index (χ1n) is 7.14. The van der Waals surface area contributed by atoms with Crippen LogP contribution in [0.3, 0.4) is 0 Å². The van der Waals surface area contributed by atoms with Gasteiger partial charge in [0.2, 0.25) is 0 Å². The van der Waals surface area contributed by atoms with Crippen molar-refractivity contribution in [2.45, 2.75) is 12.8 Å². The normalized spacial score (nSPS) is 10.2. The van der Waals surface area contributed by atoms with E-state index < -0.39 is 11.8 Å². The van der Waals surface area contributed by atoms with Gasteiger partial charge in [-0.1, -0.05) is 53.5 Å². The number of benzene rings is 2. The molecule has 0 saturated carbocycles. The highest BCUT2D eigenvalue weighted by molar-refractivity contribution is 6.42. The average Bonchev–Trinajstić information content (AvgIpc) is 2.55. The molecule has 0 fully saturated rings. The molecule has 2 N–H and O–H groups in total. The van der Waals surface area contributed by atoms with Gasteiger partial charge in [-0.3, -0.25) is 9.59 Å². The summed E-state index contributed by atoms with van der Waals surface area (Å²) in [5, 5.41) is 5.77. The van der Waals surface area contributed by atoms with Crippen LogP contribution in [0.1, 0.15) is 12.0 Å². The number of rotatable bonds is 5. The summed E-state index contributed by atoms with van der Waals surface area (Å²) in [7, 11) is 0. The molecular formula is C17H16Cl2N2O2. The van der Waals surface area contributed by atoms with Crippen LogP contribution in [0.4, 0.5) is 5.69 Å². The molecule has 0 atom stereocenters. The van der Waals surface area contributed by atoms with E-state index in [1.807, 2.05) is 30.3 Å². The molecule has 2 amide bonds. The lowest BCUT2D eigenvalue weighted by atomic mass is 10.1. The summed E-state index contributed by atoms with van der Waals surface area (Å²) < 4.78 is 0. The fraction of sp³-hybridized carbons (Fsp3) is 0.176. The number of amides is 2. The topological polar surface area (TPSA) is 58.2 Å². The van der Waals surface area contributed by atoms with Crippen molar-refractivity contribution < 1.29 is 9.59 Å². The maximum atomic E-state index is 11.8. The molecule has 120 valence electrons. The summed E-state index contributed by atoms with van der Waals surface area (Å²) in [4.78, 5) is 23.5. The highest BCUT2D eigenvalue weighted by Gasteiger charge is 2.14. The molecule has 0 spiro atoms. The molecule has 0 bridgehead atoms. The number of nitrogens with one attached hydrogen (secondary N) is 2. The summed E-state index contributed by atoms with van der Waals surface area (Å²) in [6.07, 6.45) is 1.59. The van der Waals surface area contributed by atoms with Gasteiger partial charge in [0.25, 0.3) is 0 Å². The Bertz CT molecular complexity index is 690. The van der Waals surface area contributed by atoms with E-state index in [1.165, 1.54) is 11.6 Å². The second-order valence-electron chi connectivity index (χ2n) is 4.92. The van der Waals surface area contributed by atoms with Crippen molar-refractivity contribution in [1.82, 2.24) is 5.32 Å². The maximum Gasteiger partial charge on any atom is 0.313 e. The Morgan fingerprint density at radius 2 is 1.70 bits per heavy atom. The van der Waals surface area contributed by atoms with E-state index >= 15 is 0 Å². The van der Waals surface area contributed by atoms with E-state index in [2.05, 4.69) is 10.6 Å². The Labute approximate surface area is 144 Å². The van der Waals surface area contributed by atoms with Crippen LogP contribution >= 0.6 is 23.2 Å². The maximum absolute atomic E-state index is 11.8. The van der Waals surface area contributed by atoms with Gasteiger partial charge in [0, 0.05) is 11.6 Å². The zero-order chi connectivity index (χ0) is 16.7. The molecule has 2 rings (SSSR count). The van der Waals surface area contributed by atoms with Crippen LogP contribution < -0.4 is 10.6 Å². The Morgan fingerprint density at radius 3 is 2.39 bits per heavy atom. The first kappa shape index (κ1) is 17.3. The molecule has 0 saturated heterocycles. The largest absolute Gasteiger partial charge is 0.348 e. The predicted molar refractivity (Wildman–Crippen MR) is 92.9 cm³/mol. The summed E-state index contributed by atoms with van der Waals surface area (Å²) in [5.41, 5.74) is 1.54. The third-order valence-electron chi connectivity index (χ3n) is 3.16. The number of aryl methyl sites for hydroxylation is 1. The molecule has 0 aliphatic rings. The summed E-state index contributed by atoms with van der Waals surface area (Å²) in [5.74, 6) is -1.45. The van der Waals surface area contributed by atoms with Crippen molar-refractivity contribution in [3.05, 3.63) is 64.1 Å². The van der Waals surface area contributed by atoms with Gasteiger partial charge in [-0.15, -0.1) is 0 Å². The third kappa shape index (κ3) is 5.58. The van der Waals surface area contributed by atoms with E-state index in [0.29, 0.717) is 17.3 Å². The van der Waals surface area contributed by atoms with Crippen molar-refractivity contribution in [2.24, 2.45) is 0 Å². The molecule has 0 aliphatic carbocycles. The molecule has 2 aromatic carbocycles. The Balaban J connectivity index is 1.75. The van der Waals surface area contributed by atoms with Gasteiger partial charge in [0.15, 0.2) is 0 Å². The number of carbonyl (C=O) groups is 2. The smallest absolute Gasteiger partial charge is 0.313 e. The second-order valence-corrected chi connectivity index (χ2v) is 5.77. The van der Waals surface area contributed by atoms with Crippen LogP contribution in [0.25, 0.3) is 0 Å². The quantitative estimate of drug-likeness (QED) is 0.638. The number of hydrogen-bond donors (Lipinski definition) is 2. The highest BCUT2D eigenvalue weighted by atomic mass is 35.5. The van der Waals surface area contributed by atoms with Crippen LogP contribution in [0.5, 0.6) is 0 Å². The molecule has 6 heteroatoms. The standard InChI is InChI=1S/C17H16Cl2N2O2/c18-13-8-9-15(14(19)11-13)21-17(23)16(22)20-10-4-7-12-5-2-1-3-6-12/h1-3,5-6,8-9,11H,4,7,10H2,(H,20,22)(H,21,23). The molecular weight excluding hydrogens is 335 g/mol. The lowest BCUT2D eigenvalue weighted by molar-refractivity contribution is -0.136. The fourth-order valence-corrected chi connectivity index (χ4v) is 2.45. The lowest BCUT2D eigenvalue weighted by Crippen LogP contribution is -2.36. The lowest BCUT2D eigenvalue weighted by Gasteiger charge is -2.08. The van der Waals surface area contributed by atoms with Gasteiger partial charge in [0.05, 0.1) is 10.7 Å². The van der Waals surface area contributed by atoms with Crippen LogP contribution in [-0.2, 0) is 16.0 Å². The van der Waals surface area contributed by atoms with Gasteiger partial charge < -0.3 is 10.6 Å². The van der Waals surface area contributed by atoms with Gasteiger partial charge in [0.1, 0.15) is 0 Å². The van der Waals surface area contributed by atoms with Crippen molar-refractivity contribution in [2.75, 3.05) is 11.9 Å². The average molecular weight is 351 g/mol. The fourth-order valence-electron chi connectivity index (χ4n) is 1.99. The Morgan fingerprint density at radius 1 is 0.957 bits per heavy atom. The van der Waals surface area contributed by atoms with Crippen molar-refractivity contribution >= 4 is 40.7 Å². The first-order chi connectivity index (χ1) is 11.1. The minimum absolute atomic E-state index is 0.280. The molecule has 0 radical (unpaired) electrons. The number of halogens is 2. The van der Waals surface area contributed by atoms with E-state index in [-0.39, 0.29) is 5.02 Å². The number of carbonyl (C=O) groups excluding carboxylic acids is 2. The van der Waals surface area contributed by atoms with Crippen molar-refractivity contribution in [1.29, 1.82) is 0 Å². The Kier molecular flexibility index (Phi) is 6.44. The van der Waals surface area contributed by atoms with Gasteiger partial charge in [-0.05, 0) is 36.6 Å². The highest BCUT2D eigenvalue weighted by Crippen LogP contribution is 2.25. The van der Waals surface area contributed by atoms with Crippen molar-refractivity contribution in [3.63, 3.8) is 0 Å². The molecule has 0 heterocycles. The van der Waals surface area contributed by atoms with E-state index in [0.717, 1.165) is 12.8 Å². The monoisotopic (exact) mass is 350 g/mol. The van der Waals surface area contributed by atoms with Crippen molar-refractivity contribution in [3.8, 4) is 0 Å². The zero-order valence-corrected chi connectivity index (χ0v) is 13.8. The molecule has 23 heavy (non-hydrogen) atoms. The van der Waals surface area contributed by atoms with Crippen LogP contribution in [0.2, 0.25) is 10.0 Å². The van der Waals surface area contributed by atoms with Gasteiger partial charge >= 0.3 is 11.8 Å². The first-order valence-corrected chi connectivity index (χ1v) is 7.90. The molecule has 4 nitrogen and oxygen atoms in total. The minimum Gasteiger partial charge on any atom is -0.348 e. The number of hydrogen-bond acceptors (Lipinski definition) is 2. The Hall–Kier alpha value is -2.04. The van der Waals surface area contributed by atoms with E-state index in [4.69, 9.17) is 23.2 Å². The zero-order valence-electron chi connectivity index (χ0n) is 12.3. The molecule has 2 aromatic rings. The van der Waals surface area contributed by atoms with Crippen LogP contribution in [-0.4, -0.2) is 18.4 Å². The minimum atomic E-state index is -0.756. The van der Waals surface area contributed by atoms with E-state index in [9.17, 15) is 9.59 Å². The SMILES string of the molecule is O=C(NCCCc1ccccc1)C(=O)Nc1ccc(Cl)cc1Cl. The third-order valence-corrected chi connectivity index (χ3v) is 3.70. The molecule has 0 aliphatic heterocycles.